The molecule has 0 bridgehead atoms. The minimum absolute atomic E-state index is 0.446. The fraction of sp³-hybridized carbons (Fsp3) is 0. The van der Waals surface area contributed by atoms with Crippen molar-refractivity contribution in [1.29, 1.82) is 0 Å². The van der Waals surface area contributed by atoms with Gasteiger partial charge in [-0.1, -0.05) is 182 Å². The van der Waals surface area contributed by atoms with Crippen LogP contribution in [0.1, 0.15) is 0 Å². The van der Waals surface area contributed by atoms with Crippen LogP contribution >= 0.6 is 15.8 Å². The van der Waals surface area contributed by atoms with Gasteiger partial charge in [-0.3, -0.25) is 0 Å². The third kappa shape index (κ3) is 12.2. The molecule has 0 unspecified atom stereocenters. The topological polar surface area (TPSA) is 95.6 Å². The summed E-state index contributed by atoms with van der Waals surface area (Å²) in [6.45, 7) is 0. The van der Waals surface area contributed by atoms with E-state index in [0.29, 0.717) is 0 Å². The van der Waals surface area contributed by atoms with Gasteiger partial charge in [0.1, 0.15) is 0 Å². The van der Waals surface area contributed by atoms with E-state index in [4.69, 9.17) is 20.2 Å². The van der Waals surface area contributed by atoms with Gasteiger partial charge < -0.3 is 15.3 Å². The molecule has 6 rings (SSSR count). The first kappa shape index (κ1) is 35.0. The number of hydrogen-bond donors (Lipinski definition) is 0. The molecule has 0 aliphatic carbocycles. The molecular weight excluding hydrogens is 645 g/mol. The SMILES string of the molecule is O=[N+]([O-])[O-].O=[N][Ni+].c1ccc(P(c2ccccc2)c2ccccc2)cc1.c1ccc(P(c2ccccc2)c2ccccc2)cc1. The zero-order valence-corrected chi connectivity index (χ0v) is 26.8. The van der Waals surface area contributed by atoms with E-state index in [1.807, 2.05) is 4.26 Å². The summed E-state index contributed by atoms with van der Waals surface area (Å²) in [7, 11) is -0.892. The molecule has 0 spiro atoms. The Morgan fingerprint density at radius 1 is 0.400 bits per heavy atom. The van der Waals surface area contributed by atoms with E-state index in [-0.39, 0.29) is 0 Å². The first-order valence-corrected chi connectivity index (χ1v) is 16.8. The van der Waals surface area contributed by atoms with E-state index in [2.05, 4.69) is 198 Å². The van der Waals surface area contributed by atoms with E-state index < -0.39 is 20.9 Å². The van der Waals surface area contributed by atoms with Gasteiger partial charge in [0.2, 0.25) is 0 Å². The Morgan fingerprint density at radius 3 is 0.622 bits per heavy atom. The number of hydrogen-bond acceptors (Lipinski definition) is 5. The molecule has 0 amide bonds. The minimum Gasteiger partial charge on any atom is -0.0622 e. The van der Waals surface area contributed by atoms with Crippen molar-refractivity contribution in [3.63, 3.8) is 0 Å². The predicted octanol–water partition coefficient (Wildman–Crippen LogP) is 6.87. The maximum Gasteiger partial charge on any atom is -0.0134 e. The predicted molar refractivity (Wildman–Crippen MR) is 186 cm³/mol. The molecule has 0 saturated carbocycles. The average molecular weight is 675 g/mol. The first-order chi connectivity index (χ1) is 22.0. The van der Waals surface area contributed by atoms with Crippen LogP contribution in [0.4, 0.5) is 0 Å². The van der Waals surface area contributed by atoms with Crippen molar-refractivity contribution in [2.45, 2.75) is 0 Å². The van der Waals surface area contributed by atoms with Crippen molar-refractivity contribution < 1.29 is 20.8 Å². The number of rotatable bonds is 6. The Kier molecular flexibility index (Phi) is 15.9. The molecule has 0 saturated heterocycles. The number of nitroso groups, excluding NO2 is 1. The van der Waals surface area contributed by atoms with Crippen LogP contribution in [-0.4, -0.2) is 5.09 Å². The summed E-state index contributed by atoms with van der Waals surface area (Å²) in [5.74, 6) is 0. The second-order valence-electron chi connectivity index (χ2n) is 8.97. The normalized spacial score (nSPS) is 9.78. The van der Waals surface area contributed by atoms with E-state index in [0.717, 1.165) is 0 Å². The van der Waals surface area contributed by atoms with Crippen LogP contribution in [0.25, 0.3) is 0 Å². The second-order valence-corrected chi connectivity index (χ2v) is 13.6. The van der Waals surface area contributed by atoms with Gasteiger partial charge in [0, 0.05) is 0 Å². The van der Waals surface area contributed by atoms with Gasteiger partial charge in [-0.2, -0.15) is 0 Å². The molecule has 0 heterocycles. The van der Waals surface area contributed by atoms with E-state index >= 15 is 0 Å². The van der Waals surface area contributed by atoms with Crippen molar-refractivity contribution >= 4 is 47.7 Å². The summed E-state index contributed by atoms with van der Waals surface area (Å²) in [5.41, 5.74) is 0. The van der Waals surface area contributed by atoms with Crippen LogP contribution in [0, 0.1) is 20.2 Å². The summed E-state index contributed by atoms with van der Waals surface area (Å²) in [6.07, 6.45) is 0. The molecule has 9 heteroatoms. The summed E-state index contributed by atoms with van der Waals surface area (Å²) in [6, 6.07) is 64.7. The van der Waals surface area contributed by atoms with Crippen molar-refractivity contribution in [3.05, 3.63) is 202 Å². The Balaban J connectivity index is 0.000000204. The maximum absolute atomic E-state index is 8.39. The molecule has 6 aromatic carbocycles. The average Bonchev–Trinajstić information content (AvgIpc) is 3.09. The van der Waals surface area contributed by atoms with Crippen LogP contribution in [0.5, 0.6) is 0 Å². The zero-order valence-electron chi connectivity index (χ0n) is 24.1. The minimum atomic E-state index is -1.75. The fourth-order valence-electron chi connectivity index (χ4n) is 4.36. The Bertz CT molecular complexity index is 1340. The summed E-state index contributed by atoms with van der Waals surface area (Å²) in [5, 5.41) is 23.1. The molecule has 0 radical (unpaired) electrons. The maximum atomic E-state index is 8.39. The molecule has 0 atom stereocenters. The van der Waals surface area contributed by atoms with Crippen molar-refractivity contribution in [3.8, 4) is 0 Å². The second kappa shape index (κ2) is 20.4. The van der Waals surface area contributed by atoms with E-state index in [1.165, 1.54) is 31.8 Å². The molecule has 0 aromatic heterocycles. The van der Waals surface area contributed by atoms with Gasteiger partial charge in [0.15, 0.2) is 0 Å². The zero-order chi connectivity index (χ0) is 32.1. The summed E-state index contributed by atoms with van der Waals surface area (Å²) < 4.78 is 1.88. The quantitative estimate of drug-likeness (QED) is 0.0634. The van der Waals surface area contributed by atoms with Gasteiger partial charge in [0.25, 0.3) is 0 Å². The molecule has 0 fully saturated rings. The molecule has 45 heavy (non-hydrogen) atoms. The van der Waals surface area contributed by atoms with Crippen LogP contribution in [-0.2, 0) is 15.7 Å². The van der Waals surface area contributed by atoms with Gasteiger partial charge in [-0.25, -0.2) is 0 Å². The van der Waals surface area contributed by atoms with Gasteiger partial charge in [0.05, 0.1) is 5.09 Å². The smallest absolute Gasteiger partial charge is 0.0134 e. The van der Waals surface area contributed by atoms with Gasteiger partial charge in [-0.15, -0.1) is 0 Å². The molecule has 0 aliphatic rings. The molecule has 228 valence electrons. The van der Waals surface area contributed by atoms with Crippen LogP contribution in [0.3, 0.4) is 0 Å². The van der Waals surface area contributed by atoms with Crippen LogP contribution < -0.4 is 31.8 Å². The fourth-order valence-corrected chi connectivity index (χ4v) is 8.97. The largest absolute Gasteiger partial charge is 0.0622 e. The van der Waals surface area contributed by atoms with Crippen LogP contribution in [0.15, 0.2) is 186 Å². The molecule has 6 aromatic rings. The Hall–Kier alpha value is -4.53. The summed E-state index contributed by atoms with van der Waals surface area (Å²) >= 11 is 3.24. The monoisotopic (exact) mass is 674 g/mol. The Labute approximate surface area is 274 Å². The van der Waals surface area contributed by atoms with Crippen molar-refractivity contribution in [1.82, 2.24) is 0 Å². The number of nitrogens with zero attached hydrogens (tertiary/aromatic N) is 2. The molecular formula is C36H30N2NiO4P2. The molecule has 0 aliphatic heterocycles. The molecule has 0 N–H and O–H groups in total. The number of benzene rings is 6. The van der Waals surface area contributed by atoms with E-state index in [9.17, 15) is 0 Å². The standard InChI is InChI=1S/2C18H15P.NO3.NO.Ni/c2*1-4-10-16(11-5-1)19(17-12-6-2-7-13-17)18-14-8-3-9-15-18;2-1(3)4;1-2;/h2*1-15H;;;/q;;2*-1;+2. The Morgan fingerprint density at radius 2 is 0.511 bits per heavy atom. The van der Waals surface area contributed by atoms with Crippen LogP contribution in [0.2, 0.25) is 0 Å². The third-order valence-corrected chi connectivity index (χ3v) is 11.0. The summed E-state index contributed by atoms with van der Waals surface area (Å²) in [4.78, 5) is 16.6. The van der Waals surface area contributed by atoms with Gasteiger partial charge >= 0.3 is 24.8 Å². The van der Waals surface area contributed by atoms with Crippen molar-refractivity contribution in [2.24, 2.45) is 4.26 Å². The van der Waals surface area contributed by atoms with E-state index in [1.54, 1.807) is 0 Å². The third-order valence-electron chi connectivity index (χ3n) is 6.09. The first-order valence-electron chi connectivity index (χ1n) is 13.7. The van der Waals surface area contributed by atoms with Crippen molar-refractivity contribution in [2.75, 3.05) is 0 Å². The van der Waals surface area contributed by atoms with Gasteiger partial charge in [-0.05, 0) is 47.7 Å². The molecule has 6 nitrogen and oxygen atoms in total.